The van der Waals surface area contributed by atoms with E-state index in [4.69, 9.17) is 18.3 Å². The molecule has 5 aliphatic carbocycles. The van der Waals surface area contributed by atoms with Crippen LogP contribution >= 0.6 is 0 Å². The van der Waals surface area contributed by atoms with E-state index in [-0.39, 0.29) is 46.7 Å². The van der Waals surface area contributed by atoms with E-state index < -0.39 is 51.7 Å². The second-order valence-electron chi connectivity index (χ2n) is 17.3. The van der Waals surface area contributed by atoms with Gasteiger partial charge in [-0.1, -0.05) is 40.2 Å². The number of carbonyl (C=O) groups excluding carboxylic acids is 3. The van der Waals surface area contributed by atoms with Crippen molar-refractivity contribution in [3.8, 4) is 0 Å². The number of hydrogen-bond acceptors (Lipinski definition) is 9. The van der Waals surface area contributed by atoms with Crippen LogP contribution < -0.4 is 11.1 Å². The number of alkyl carbamates (subject to hydrolysis) is 1. The van der Waals surface area contributed by atoms with Crippen LogP contribution in [0.1, 0.15) is 125 Å². The molecular formula is C38H53NO10. The minimum absolute atomic E-state index is 0.0163. The Morgan fingerprint density at radius 2 is 1.61 bits per heavy atom. The van der Waals surface area contributed by atoms with Crippen LogP contribution in [0.25, 0.3) is 0 Å². The first-order chi connectivity index (χ1) is 22.8. The predicted molar refractivity (Wildman–Crippen MR) is 177 cm³/mol. The third-order valence-electron chi connectivity index (χ3n) is 14.8. The van der Waals surface area contributed by atoms with Crippen LogP contribution in [0.3, 0.4) is 0 Å². The van der Waals surface area contributed by atoms with E-state index >= 15 is 0 Å². The Balaban J connectivity index is 1.35. The van der Waals surface area contributed by atoms with E-state index in [0.717, 1.165) is 31.3 Å². The molecule has 2 N–H and O–H groups in total. The minimum Gasteiger partial charge on any atom is -0.481 e. The Morgan fingerprint density at radius 3 is 2.27 bits per heavy atom. The summed E-state index contributed by atoms with van der Waals surface area (Å²) in [6.07, 6.45) is 7.27. The van der Waals surface area contributed by atoms with Crippen LogP contribution in [-0.2, 0) is 36.9 Å². The summed E-state index contributed by atoms with van der Waals surface area (Å²) in [6, 6.07) is 0. The maximum absolute atomic E-state index is 14.7. The number of aryl methyl sites for hydroxylation is 1. The molecule has 1 amide bonds. The lowest BCUT2D eigenvalue weighted by molar-refractivity contribution is -0.200. The van der Waals surface area contributed by atoms with Crippen molar-refractivity contribution in [3.05, 3.63) is 33.8 Å². The van der Waals surface area contributed by atoms with Gasteiger partial charge in [0, 0.05) is 19.3 Å². The molecule has 0 unspecified atom stereocenters. The Labute approximate surface area is 287 Å². The van der Waals surface area contributed by atoms with Crippen LogP contribution in [0.4, 0.5) is 4.79 Å². The van der Waals surface area contributed by atoms with Gasteiger partial charge in [-0.2, -0.15) is 0 Å². The molecule has 0 aromatic carbocycles. The number of ether oxygens (including phenoxy) is 2. The Bertz CT molecular complexity index is 1660. The molecule has 1 aromatic rings. The maximum atomic E-state index is 14.7. The lowest BCUT2D eigenvalue weighted by Crippen LogP contribution is -2.72. The number of carboxylic acid groups (broad SMARTS) is 1. The van der Waals surface area contributed by atoms with Gasteiger partial charge in [0.2, 0.25) is 0 Å². The maximum Gasteiger partial charge on any atom is 0.519 e. The van der Waals surface area contributed by atoms with Crippen molar-refractivity contribution < 1.29 is 42.6 Å². The zero-order chi connectivity index (χ0) is 35.9. The van der Waals surface area contributed by atoms with Crippen molar-refractivity contribution >= 4 is 23.8 Å². The van der Waals surface area contributed by atoms with Crippen LogP contribution in [0.5, 0.6) is 0 Å². The van der Waals surface area contributed by atoms with Gasteiger partial charge in [0.1, 0.15) is 6.10 Å². The summed E-state index contributed by atoms with van der Waals surface area (Å²) < 4.78 is 21.5. The number of carboxylic acids is 1. The van der Waals surface area contributed by atoms with Crippen molar-refractivity contribution in [2.24, 2.45) is 44.8 Å². The molecule has 11 heteroatoms. The lowest BCUT2D eigenvalue weighted by Gasteiger charge is -2.70. The molecule has 1 heterocycles. The van der Waals surface area contributed by atoms with E-state index in [1.807, 2.05) is 19.9 Å². The molecule has 0 saturated heterocycles. The highest BCUT2D eigenvalue weighted by molar-refractivity contribution is 5.95. The third-order valence-corrected chi connectivity index (χ3v) is 14.8. The predicted octanol–water partition coefficient (Wildman–Crippen LogP) is 6.75. The smallest absolute Gasteiger partial charge is 0.481 e. The number of rotatable bonds is 6. The van der Waals surface area contributed by atoms with Crippen LogP contribution in [0.2, 0.25) is 0 Å². The van der Waals surface area contributed by atoms with E-state index in [9.17, 15) is 29.1 Å². The fourth-order valence-electron chi connectivity index (χ4n) is 11.7. The first kappa shape index (κ1) is 35.5. The summed E-state index contributed by atoms with van der Waals surface area (Å²) in [5, 5.41) is 13.3. The third kappa shape index (κ3) is 5.22. The molecule has 10 atom stereocenters. The molecule has 270 valence electrons. The highest BCUT2D eigenvalue weighted by Crippen LogP contribution is 2.74. The lowest BCUT2D eigenvalue weighted by atomic mass is 9.34. The van der Waals surface area contributed by atoms with Crippen molar-refractivity contribution in [1.29, 1.82) is 0 Å². The number of allylic oxidation sites excluding steroid dienone is 2. The van der Waals surface area contributed by atoms with Gasteiger partial charge in [-0.05, 0) is 111 Å². The quantitative estimate of drug-likeness (QED) is 0.307. The summed E-state index contributed by atoms with van der Waals surface area (Å²) in [4.78, 5) is 64.7. The highest BCUT2D eigenvalue weighted by Gasteiger charge is 2.71. The summed E-state index contributed by atoms with van der Waals surface area (Å²) in [7, 11) is 0. The van der Waals surface area contributed by atoms with Gasteiger partial charge in [-0.25, -0.2) is 9.59 Å². The molecule has 0 spiro atoms. The van der Waals surface area contributed by atoms with Crippen molar-refractivity contribution in [2.45, 2.75) is 138 Å². The molecule has 4 saturated carbocycles. The van der Waals surface area contributed by atoms with Crippen molar-refractivity contribution in [2.75, 3.05) is 0 Å². The van der Waals surface area contributed by atoms with E-state index in [1.165, 1.54) is 6.92 Å². The average molecular weight is 684 g/mol. The minimum atomic E-state index is -1.06. The van der Waals surface area contributed by atoms with Crippen molar-refractivity contribution in [3.63, 3.8) is 0 Å². The number of ketones is 1. The number of nitrogens with one attached hydrogen (secondary N) is 1. The second-order valence-corrected chi connectivity index (χ2v) is 17.3. The Hall–Kier alpha value is -3.37. The molecular weight excluding hydrogens is 630 g/mol. The zero-order valence-electron chi connectivity index (χ0n) is 30.3. The highest BCUT2D eigenvalue weighted by atomic mass is 16.6. The topological polar surface area (TPSA) is 162 Å². The van der Waals surface area contributed by atoms with Gasteiger partial charge in [0.25, 0.3) is 0 Å². The second kappa shape index (κ2) is 11.6. The van der Waals surface area contributed by atoms with Gasteiger partial charge >= 0.3 is 23.9 Å². The molecule has 49 heavy (non-hydrogen) atoms. The van der Waals surface area contributed by atoms with Crippen LogP contribution in [-0.4, -0.2) is 40.6 Å². The first-order valence-corrected chi connectivity index (χ1v) is 18.0. The van der Waals surface area contributed by atoms with Gasteiger partial charge in [-0.3, -0.25) is 14.4 Å². The SMILES string of the molecule is CCc1oc(=O)oc1COC(=O)N[C@]1(C)[C@@H](OC(C)=O)CC[C@@]2(C)[C@H]1CC[C@]1(C)[C@@H]2C(=O)C=C2[C@@H]3C[C@@](C)(C(=O)O)CC[C@]3(C)CC[C@]21C. The van der Waals surface area contributed by atoms with Gasteiger partial charge in [0.05, 0.1) is 11.0 Å². The first-order valence-electron chi connectivity index (χ1n) is 18.0. The van der Waals surface area contributed by atoms with E-state index in [1.54, 1.807) is 6.92 Å². The van der Waals surface area contributed by atoms with Gasteiger partial charge < -0.3 is 28.7 Å². The molecule has 11 nitrogen and oxygen atoms in total. The van der Waals surface area contributed by atoms with Crippen LogP contribution in [0, 0.1) is 44.8 Å². The summed E-state index contributed by atoms with van der Waals surface area (Å²) >= 11 is 0. The Kier molecular flexibility index (Phi) is 8.38. The molecule has 0 aliphatic heterocycles. The Morgan fingerprint density at radius 1 is 0.939 bits per heavy atom. The van der Waals surface area contributed by atoms with E-state index in [0.29, 0.717) is 44.3 Å². The molecule has 0 radical (unpaired) electrons. The molecule has 0 bridgehead atoms. The number of aliphatic carboxylic acids is 1. The molecule has 5 aliphatic rings. The number of esters is 1. The number of amides is 1. The molecule has 4 fully saturated rings. The fraction of sp³-hybridized carbons (Fsp3) is 0.763. The van der Waals surface area contributed by atoms with Crippen molar-refractivity contribution in [1.82, 2.24) is 5.32 Å². The number of fused-ring (bicyclic) bond motifs is 7. The van der Waals surface area contributed by atoms with Crippen LogP contribution in [0.15, 0.2) is 25.3 Å². The number of hydrogen-bond donors (Lipinski definition) is 2. The summed E-state index contributed by atoms with van der Waals surface area (Å²) in [5.74, 6) is -2.14. The van der Waals surface area contributed by atoms with Gasteiger partial charge in [-0.15, -0.1) is 0 Å². The number of carbonyl (C=O) groups is 4. The summed E-state index contributed by atoms with van der Waals surface area (Å²) in [6.45, 7) is 15.6. The van der Waals surface area contributed by atoms with E-state index in [2.05, 4.69) is 33.0 Å². The normalized spacial score (nSPS) is 42.8. The zero-order valence-corrected chi connectivity index (χ0v) is 30.3. The monoisotopic (exact) mass is 683 g/mol. The standard InChI is InChI=1S/C38H53NO10/c1-9-25-26(49-32(45)48-25)20-46-31(44)39-38(8)27-10-13-37(7)29(35(27,5)12-11-28(38)47-21(2)40)24(41)18-22-23-19-34(4,30(42)43)15-14-33(23,3)16-17-36(22,37)6/h18,23,27-29H,9-17,19-20H2,1-8H3,(H,39,44)(H,42,43)/t23-,27+,28-,29+,33+,34-,35-,36+,37+,38-/m0/s1. The molecule has 1 aromatic heterocycles. The fourth-order valence-corrected chi connectivity index (χ4v) is 11.7. The average Bonchev–Trinajstić information content (AvgIpc) is 3.38. The molecule has 6 rings (SSSR count). The van der Waals surface area contributed by atoms with Gasteiger partial charge in [0.15, 0.2) is 23.9 Å². The largest absolute Gasteiger partial charge is 0.519 e. The summed E-state index contributed by atoms with van der Waals surface area (Å²) in [5.41, 5.74) is -2.06.